The Morgan fingerprint density at radius 1 is 1.22 bits per heavy atom. The van der Waals surface area contributed by atoms with Gasteiger partial charge in [0, 0.05) is 13.2 Å². The molecule has 2 rings (SSSR count). The van der Waals surface area contributed by atoms with E-state index in [1.807, 2.05) is 0 Å². The first kappa shape index (κ1) is 13.7. The number of hydrogen-bond donors (Lipinski definition) is 1. The molecule has 0 aromatic carbocycles. The Morgan fingerprint density at radius 3 is 2.67 bits per heavy atom. The molecule has 0 bridgehead atoms. The molecule has 0 spiro atoms. The van der Waals surface area contributed by atoms with E-state index >= 15 is 0 Å². The van der Waals surface area contributed by atoms with Crippen LogP contribution in [0, 0.1) is 0 Å². The first-order chi connectivity index (χ1) is 8.74. The molecule has 1 aliphatic heterocycles. The van der Waals surface area contributed by atoms with Crippen molar-refractivity contribution in [3.05, 3.63) is 10.6 Å². The van der Waals surface area contributed by atoms with Crippen molar-refractivity contribution in [2.45, 2.75) is 25.6 Å². The number of rotatable bonds is 5. The summed E-state index contributed by atoms with van der Waals surface area (Å²) >= 11 is 11.3. The summed E-state index contributed by atoms with van der Waals surface area (Å²) < 4.78 is 11.0. The zero-order valence-electron chi connectivity index (χ0n) is 9.73. The molecule has 0 amide bonds. The van der Waals surface area contributed by atoms with Crippen LogP contribution < -0.4 is 5.32 Å². The summed E-state index contributed by atoms with van der Waals surface area (Å²) in [4.78, 5) is 11.4. The molecular formula is C10H14Cl2N4O2. The van der Waals surface area contributed by atoms with E-state index in [9.17, 15) is 0 Å². The molecule has 8 heteroatoms. The summed E-state index contributed by atoms with van der Waals surface area (Å²) in [6.07, 6.45) is 3.12. The minimum Gasteiger partial charge on any atom is -0.353 e. The van der Waals surface area contributed by atoms with Crippen LogP contribution in [0.15, 0.2) is 0 Å². The maximum absolute atomic E-state index is 5.65. The van der Waals surface area contributed by atoms with E-state index in [1.165, 1.54) is 0 Å². The third-order valence-electron chi connectivity index (χ3n) is 2.41. The molecule has 6 nitrogen and oxygen atoms in total. The molecule has 1 saturated heterocycles. The lowest BCUT2D eigenvalue weighted by Gasteiger charge is -2.22. The monoisotopic (exact) mass is 292 g/mol. The van der Waals surface area contributed by atoms with E-state index in [0.29, 0.717) is 19.1 Å². The molecular weight excluding hydrogens is 279 g/mol. The van der Waals surface area contributed by atoms with E-state index < -0.39 is 0 Å². The predicted molar refractivity (Wildman–Crippen MR) is 67.9 cm³/mol. The normalized spacial score (nSPS) is 19.8. The Bertz CT molecular complexity index is 368. The molecule has 2 heterocycles. The maximum Gasteiger partial charge on any atom is 0.228 e. The van der Waals surface area contributed by atoms with Crippen molar-refractivity contribution >= 4 is 29.2 Å². The average Bonchev–Trinajstić information content (AvgIpc) is 2.35. The van der Waals surface area contributed by atoms with E-state index in [0.717, 1.165) is 25.9 Å². The third kappa shape index (κ3) is 4.53. The number of nitrogens with one attached hydrogen (secondary N) is 1. The van der Waals surface area contributed by atoms with Crippen molar-refractivity contribution in [3.8, 4) is 0 Å². The zero-order chi connectivity index (χ0) is 12.8. The highest BCUT2D eigenvalue weighted by Crippen LogP contribution is 2.13. The molecule has 1 aliphatic rings. The molecule has 1 N–H and O–H groups in total. The molecule has 1 fully saturated rings. The molecule has 1 unspecified atom stereocenters. The summed E-state index contributed by atoms with van der Waals surface area (Å²) in [6.45, 7) is 1.83. The summed E-state index contributed by atoms with van der Waals surface area (Å²) in [7, 11) is 0. The van der Waals surface area contributed by atoms with Crippen molar-refractivity contribution in [2.75, 3.05) is 25.1 Å². The smallest absolute Gasteiger partial charge is 0.228 e. The van der Waals surface area contributed by atoms with Crippen molar-refractivity contribution in [1.29, 1.82) is 0 Å². The van der Waals surface area contributed by atoms with Crippen molar-refractivity contribution in [1.82, 2.24) is 15.0 Å². The summed E-state index contributed by atoms with van der Waals surface area (Å²) in [5, 5.41) is 3.08. The topological polar surface area (TPSA) is 69.2 Å². The van der Waals surface area contributed by atoms with Gasteiger partial charge in [-0.1, -0.05) is 0 Å². The van der Waals surface area contributed by atoms with Crippen LogP contribution in [0.1, 0.15) is 19.3 Å². The lowest BCUT2D eigenvalue weighted by molar-refractivity contribution is -0.159. The second-order valence-corrected chi connectivity index (χ2v) is 4.47. The van der Waals surface area contributed by atoms with Crippen molar-refractivity contribution in [3.63, 3.8) is 0 Å². The van der Waals surface area contributed by atoms with Gasteiger partial charge >= 0.3 is 0 Å². The van der Waals surface area contributed by atoms with Crippen LogP contribution in [-0.4, -0.2) is 41.0 Å². The number of ether oxygens (including phenoxy) is 2. The van der Waals surface area contributed by atoms with Gasteiger partial charge in [0.1, 0.15) is 0 Å². The molecule has 1 atom stereocenters. The van der Waals surface area contributed by atoms with Crippen molar-refractivity contribution < 1.29 is 9.47 Å². The minimum atomic E-state index is -0.0916. The molecule has 1 aromatic heterocycles. The number of hydrogen-bond acceptors (Lipinski definition) is 6. The number of anilines is 1. The van der Waals surface area contributed by atoms with Gasteiger partial charge in [-0.05, 0) is 42.5 Å². The third-order valence-corrected chi connectivity index (χ3v) is 2.75. The SMILES string of the molecule is Clc1nc(Cl)nc(NCCOC2CCCCO2)n1. The summed E-state index contributed by atoms with van der Waals surface area (Å²) in [5.74, 6) is 0.341. The Morgan fingerprint density at radius 2 is 2.00 bits per heavy atom. The number of halogens is 2. The van der Waals surface area contributed by atoms with Gasteiger partial charge in [-0.15, -0.1) is 0 Å². The van der Waals surface area contributed by atoms with Gasteiger partial charge in [0.05, 0.1) is 6.61 Å². The Labute approximate surface area is 115 Å². The second-order valence-electron chi connectivity index (χ2n) is 3.79. The Hall–Kier alpha value is -0.690. The molecule has 0 radical (unpaired) electrons. The van der Waals surface area contributed by atoms with Crippen LogP contribution in [-0.2, 0) is 9.47 Å². The lowest BCUT2D eigenvalue weighted by atomic mass is 10.2. The fourth-order valence-corrected chi connectivity index (χ4v) is 1.96. The molecule has 100 valence electrons. The van der Waals surface area contributed by atoms with Gasteiger partial charge in [0.2, 0.25) is 16.5 Å². The highest BCUT2D eigenvalue weighted by Gasteiger charge is 2.13. The van der Waals surface area contributed by atoms with Crippen LogP contribution in [0.3, 0.4) is 0 Å². The largest absolute Gasteiger partial charge is 0.353 e. The zero-order valence-corrected chi connectivity index (χ0v) is 11.2. The van der Waals surface area contributed by atoms with Gasteiger partial charge in [0.15, 0.2) is 6.29 Å². The van der Waals surface area contributed by atoms with Gasteiger partial charge in [-0.2, -0.15) is 15.0 Å². The number of aromatic nitrogens is 3. The summed E-state index contributed by atoms with van der Waals surface area (Å²) in [5.41, 5.74) is 0. The van der Waals surface area contributed by atoms with E-state index in [-0.39, 0.29) is 16.9 Å². The molecule has 1 aromatic rings. The Balaban J connectivity index is 1.68. The van der Waals surface area contributed by atoms with E-state index in [4.69, 9.17) is 32.7 Å². The quantitative estimate of drug-likeness (QED) is 0.839. The maximum atomic E-state index is 5.65. The molecule has 0 aliphatic carbocycles. The molecule has 0 saturated carbocycles. The standard InChI is InChI=1S/C10H14Cl2N4O2/c11-8-14-9(12)16-10(15-8)13-4-6-18-7-3-1-2-5-17-7/h7H,1-6H2,(H,13,14,15,16). The Kier molecular flexibility index (Phi) is 5.37. The fourth-order valence-electron chi connectivity index (χ4n) is 1.60. The fraction of sp³-hybridized carbons (Fsp3) is 0.700. The van der Waals surface area contributed by atoms with E-state index in [2.05, 4.69) is 20.3 Å². The van der Waals surface area contributed by atoms with Crippen LogP contribution in [0.25, 0.3) is 0 Å². The van der Waals surface area contributed by atoms with Crippen LogP contribution in [0.2, 0.25) is 10.6 Å². The van der Waals surface area contributed by atoms with Gasteiger partial charge in [-0.25, -0.2) is 0 Å². The molecule has 18 heavy (non-hydrogen) atoms. The second kappa shape index (κ2) is 7.04. The van der Waals surface area contributed by atoms with Crippen LogP contribution >= 0.6 is 23.2 Å². The predicted octanol–water partition coefficient (Wildman–Crippen LogP) is 2.13. The lowest BCUT2D eigenvalue weighted by Crippen LogP contribution is -2.25. The highest BCUT2D eigenvalue weighted by atomic mass is 35.5. The van der Waals surface area contributed by atoms with Crippen LogP contribution in [0.4, 0.5) is 5.95 Å². The van der Waals surface area contributed by atoms with E-state index in [1.54, 1.807) is 0 Å². The first-order valence-electron chi connectivity index (χ1n) is 5.78. The van der Waals surface area contributed by atoms with Crippen LogP contribution in [0.5, 0.6) is 0 Å². The van der Waals surface area contributed by atoms with Gasteiger partial charge < -0.3 is 14.8 Å². The first-order valence-corrected chi connectivity index (χ1v) is 6.54. The van der Waals surface area contributed by atoms with Gasteiger partial charge in [-0.3, -0.25) is 0 Å². The highest BCUT2D eigenvalue weighted by molar-refractivity contribution is 6.31. The minimum absolute atomic E-state index is 0.0639. The summed E-state index contributed by atoms with van der Waals surface area (Å²) in [6, 6.07) is 0. The number of nitrogens with zero attached hydrogens (tertiary/aromatic N) is 3. The van der Waals surface area contributed by atoms with Crippen molar-refractivity contribution in [2.24, 2.45) is 0 Å². The average molecular weight is 293 g/mol. The van der Waals surface area contributed by atoms with Gasteiger partial charge in [0.25, 0.3) is 0 Å².